The molecule has 1 atom stereocenters. The molecule has 0 saturated carbocycles. The summed E-state index contributed by atoms with van der Waals surface area (Å²) in [5, 5.41) is 16.9. The average molecular weight is 409 g/mol. The largest absolute Gasteiger partial charge is 0.493 e. The number of nitro groups is 1. The van der Waals surface area contributed by atoms with Gasteiger partial charge in [0.15, 0.2) is 11.5 Å². The lowest BCUT2D eigenvalue weighted by molar-refractivity contribution is -0.384. The van der Waals surface area contributed by atoms with Crippen LogP contribution in [0.5, 0.6) is 11.5 Å². The molecule has 3 rings (SSSR count). The maximum atomic E-state index is 12.2. The van der Waals surface area contributed by atoms with E-state index in [1.54, 1.807) is 38.5 Å². The van der Waals surface area contributed by atoms with E-state index < -0.39 is 4.92 Å². The Morgan fingerprint density at radius 3 is 2.37 bits per heavy atom. The van der Waals surface area contributed by atoms with Crippen molar-refractivity contribution in [2.75, 3.05) is 14.2 Å². The van der Waals surface area contributed by atoms with Crippen molar-refractivity contribution < 1.29 is 19.2 Å². The van der Waals surface area contributed by atoms with Crippen LogP contribution in [-0.2, 0) is 11.2 Å². The first-order chi connectivity index (χ1) is 14.3. The van der Waals surface area contributed by atoms with Gasteiger partial charge in [0.2, 0.25) is 5.91 Å². The van der Waals surface area contributed by atoms with Crippen molar-refractivity contribution in [3.05, 3.63) is 69.3 Å². The van der Waals surface area contributed by atoms with Crippen molar-refractivity contribution in [1.82, 2.24) is 5.01 Å². The van der Waals surface area contributed by atoms with Crippen LogP contribution in [0.4, 0.5) is 5.69 Å². The van der Waals surface area contributed by atoms with Crippen molar-refractivity contribution in [1.29, 1.82) is 0 Å². The van der Waals surface area contributed by atoms with E-state index in [0.717, 1.165) is 16.7 Å². The number of nitro benzene ring substituents is 1. The second kappa shape index (κ2) is 8.77. The van der Waals surface area contributed by atoms with Crippen LogP contribution in [0.3, 0.4) is 0 Å². The first-order valence-corrected chi connectivity index (χ1v) is 9.40. The molecule has 2 aromatic carbocycles. The zero-order valence-corrected chi connectivity index (χ0v) is 17.3. The van der Waals surface area contributed by atoms with E-state index in [1.165, 1.54) is 24.1 Å². The highest BCUT2D eigenvalue weighted by molar-refractivity contribution is 6.12. The topological polar surface area (TPSA) is 94.3 Å². The zero-order valence-electron chi connectivity index (χ0n) is 17.3. The monoisotopic (exact) mass is 409 g/mol. The number of fused-ring (bicyclic) bond motifs is 1. The fourth-order valence-corrected chi connectivity index (χ4v) is 3.39. The van der Waals surface area contributed by atoms with E-state index in [1.807, 2.05) is 19.1 Å². The number of nitrogens with zero attached hydrogens (tertiary/aromatic N) is 3. The van der Waals surface area contributed by atoms with Crippen LogP contribution < -0.4 is 9.47 Å². The lowest BCUT2D eigenvalue weighted by Gasteiger charge is -2.21. The predicted octanol–water partition coefficient (Wildman–Crippen LogP) is 3.82. The third-order valence-electron chi connectivity index (χ3n) is 4.89. The lowest BCUT2D eigenvalue weighted by Crippen LogP contribution is -2.33. The molecule has 0 saturated heterocycles. The molecule has 0 N–H and O–H groups in total. The molecule has 2 aromatic rings. The molecule has 156 valence electrons. The molecule has 30 heavy (non-hydrogen) atoms. The number of allylic oxidation sites excluding steroid dienone is 1. The van der Waals surface area contributed by atoms with Gasteiger partial charge < -0.3 is 9.47 Å². The van der Waals surface area contributed by atoms with Crippen LogP contribution in [0.2, 0.25) is 0 Å². The van der Waals surface area contributed by atoms with Gasteiger partial charge in [-0.3, -0.25) is 14.9 Å². The summed E-state index contributed by atoms with van der Waals surface area (Å²) in [4.78, 5) is 22.6. The van der Waals surface area contributed by atoms with Crippen LogP contribution in [0.15, 0.2) is 47.6 Å². The quantitative estimate of drug-likeness (QED) is 0.553. The molecule has 1 heterocycles. The molecule has 1 aliphatic rings. The normalized spacial score (nSPS) is 15.9. The Kier molecular flexibility index (Phi) is 6.15. The van der Waals surface area contributed by atoms with Gasteiger partial charge in [0.05, 0.1) is 30.9 Å². The van der Waals surface area contributed by atoms with Crippen molar-refractivity contribution in [3.8, 4) is 11.5 Å². The number of ether oxygens (including phenoxy) is 2. The van der Waals surface area contributed by atoms with Crippen LogP contribution >= 0.6 is 0 Å². The summed E-state index contributed by atoms with van der Waals surface area (Å²) >= 11 is 0. The number of non-ortho nitro benzene ring substituents is 1. The van der Waals surface area contributed by atoms with Crippen LogP contribution in [0.25, 0.3) is 6.08 Å². The summed E-state index contributed by atoms with van der Waals surface area (Å²) in [7, 11) is 3.14. The molecule has 0 fully saturated rings. The Labute approximate surface area is 174 Å². The first kappa shape index (κ1) is 21.0. The highest BCUT2D eigenvalue weighted by Crippen LogP contribution is 2.33. The van der Waals surface area contributed by atoms with E-state index in [2.05, 4.69) is 5.10 Å². The van der Waals surface area contributed by atoms with E-state index in [0.29, 0.717) is 23.6 Å². The number of carbonyl (C=O) groups is 1. The first-order valence-electron chi connectivity index (χ1n) is 9.40. The van der Waals surface area contributed by atoms with Crippen LogP contribution in [0, 0.1) is 10.1 Å². The fraction of sp³-hybridized carbons (Fsp3) is 0.273. The number of hydrogen-bond donors (Lipinski definition) is 0. The Morgan fingerprint density at radius 1 is 1.17 bits per heavy atom. The van der Waals surface area contributed by atoms with Crippen molar-refractivity contribution in [2.45, 2.75) is 26.3 Å². The second-order valence-electron chi connectivity index (χ2n) is 6.95. The van der Waals surface area contributed by atoms with E-state index in [4.69, 9.17) is 9.47 Å². The summed E-state index contributed by atoms with van der Waals surface area (Å²) in [5.41, 5.74) is 3.20. The van der Waals surface area contributed by atoms with Crippen molar-refractivity contribution in [3.63, 3.8) is 0 Å². The molecule has 0 aromatic heterocycles. The summed E-state index contributed by atoms with van der Waals surface area (Å²) in [6.45, 7) is 3.42. The molecule has 0 bridgehead atoms. The lowest BCUT2D eigenvalue weighted by atomic mass is 9.96. The average Bonchev–Trinajstić information content (AvgIpc) is 2.86. The van der Waals surface area contributed by atoms with Gasteiger partial charge in [-0.25, -0.2) is 5.01 Å². The summed E-state index contributed by atoms with van der Waals surface area (Å²) in [6.07, 6.45) is 4.20. The molecule has 1 amide bonds. The molecular formula is C22H23N3O5. The number of carbonyl (C=O) groups excluding carboxylic acids is 1. The van der Waals surface area contributed by atoms with Gasteiger partial charge in [0.25, 0.3) is 5.69 Å². The van der Waals surface area contributed by atoms with Gasteiger partial charge in [0, 0.05) is 24.6 Å². The maximum Gasteiger partial charge on any atom is 0.269 e. The number of hydrogen-bond acceptors (Lipinski definition) is 6. The molecule has 1 unspecified atom stereocenters. The highest BCUT2D eigenvalue weighted by atomic mass is 16.6. The van der Waals surface area contributed by atoms with Gasteiger partial charge in [-0.2, -0.15) is 5.10 Å². The number of benzene rings is 2. The smallest absolute Gasteiger partial charge is 0.269 e. The molecule has 8 heteroatoms. The van der Waals surface area contributed by atoms with Gasteiger partial charge in [-0.15, -0.1) is 0 Å². The van der Waals surface area contributed by atoms with Crippen molar-refractivity contribution in [2.24, 2.45) is 5.10 Å². The van der Waals surface area contributed by atoms with E-state index >= 15 is 0 Å². The minimum Gasteiger partial charge on any atom is -0.493 e. The Bertz CT molecular complexity index is 1030. The second-order valence-corrected chi connectivity index (χ2v) is 6.95. The summed E-state index contributed by atoms with van der Waals surface area (Å²) in [6, 6.07) is 9.83. The fourth-order valence-electron chi connectivity index (χ4n) is 3.39. The summed E-state index contributed by atoms with van der Waals surface area (Å²) in [5.74, 6) is 1.02. The van der Waals surface area contributed by atoms with Gasteiger partial charge >= 0.3 is 0 Å². The number of hydrazone groups is 1. The Hall–Kier alpha value is -3.68. The predicted molar refractivity (Wildman–Crippen MR) is 114 cm³/mol. The minimum atomic E-state index is -0.440. The number of amides is 1. The minimum absolute atomic E-state index is 0.0257. The van der Waals surface area contributed by atoms with E-state index in [9.17, 15) is 14.9 Å². The third-order valence-corrected chi connectivity index (χ3v) is 4.89. The molecular weight excluding hydrogens is 386 g/mol. The molecule has 0 spiro atoms. The van der Waals surface area contributed by atoms with E-state index in [-0.39, 0.29) is 17.6 Å². The van der Waals surface area contributed by atoms with Gasteiger partial charge in [0.1, 0.15) is 0 Å². The molecule has 0 radical (unpaired) electrons. The summed E-state index contributed by atoms with van der Waals surface area (Å²) < 4.78 is 10.9. The standard InChI is InChI=1S/C22H23N3O5/c1-14-11-17-12-21(29-3)22(30-4)13-19(17)20(23-24(14)15(2)26)10-7-16-5-8-18(9-6-16)25(27)28/h5-10,12-14H,11H2,1-4H3/b10-7+. The number of methoxy groups -OCH3 is 2. The highest BCUT2D eigenvalue weighted by Gasteiger charge is 2.25. The van der Waals surface area contributed by atoms with Gasteiger partial charge in [-0.1, -0.05) is 6.08 Å². The zero-order chi connectivity index (χ0) is 21.8. The SMILES string of the molecule is COc1cc2c(cc1OC)C(/C=C/c1ccc([N+](=O)[O-])cc1)=NN(C(C)=O)C(C)C2. The van der Waals surface area contributed by atoms with Crippen LogP contribution in [-0.4, -0.2) is 41.8 Å². The Balaban J connectivity index is 2.08. The van der Waals surface area contributed by atoms with Crippen LogP contribution in [0.1, 0.15) is 30.5 Å². The van der Waals surface area contributed by atoms with Crippen molar-refractivity contribution >= 4 is 23.4 Å². The molecule has 1 aliphatic heterocycles. The maximum absolute atomic E-state index is 12.2. The third kappa shape index (κ3) is 4.32. The molecule has 8 nitrogen and oxygen atoms in total. The molecule has 0 aliphatic carbocycles. The number of rotatable bonds is 5. The van der Waals surface area contributed by atoms with Gasteiger partial charge in [-0.05, 0) is 54.8 Å². The Morgan fingerprint density at radius 2 is 1.80 bits per heavy atom.